The summed E-state index contributed by atoms with van der Waals surface area (Å²) in [5.41, 5.74) is 0.901. The number of anilines is 1. The van der Waals surface area contributed by atoms with Crippen LogP contribution >= 0.6 is 11.6 Å². The van der Waals surface area contributed by atoms with Crippen molar-refractivity contribution >= 4 is 23.3 Å². The van der Waals surface area contributed by atoms with Gasteiger partial charge in [0.1, 0.15) is 0 Å². The molecule has 0 amide bonds. The molecular weight excluding hydrogens is 254 g/mol. The molecule has 5 heteroatoms. The lowest BCUT2D eigenvalue weighted by Crippen LogP contribution is -2.37. The molecule has 4 nitrogen and oxygen atoms in total. The summed E-state index contributed by atoms with van der Waals surface area (Å²) < 4.78 is 5.52. The Morgan fingerprint density at radius 3 is 2.83 bits per heavy atom. The maximum absolute atomic E-state index is 11.2. The molecule has 1 heterocycles. The van der Waals surface area contributed by atoms with E-state index in [9.17, 15) is 9.90 Å². The third-order valence-corrected chi connectivity index (χ3v) is 3.64. The van der Waals surface area contributed by atoms with E-state index >= 15 is 0 Å². The molecule has 2 atom stereocenters. The second-order valence-corrected chi connectivity index (χ2v) is 4.95. The van der Waals surface area contributed by atoms with Crippen LogP contribution in [0, 0.1) is 0 Å². The van der Waals surface area contributed by atoms with Gasteiger partial charge in [-0.15, -0.1) is 0 Å². The van der Waals surface area contributed by atoms with Gasteiger partial charge in [0.2, 0.25) is 0 Å². The summed E-state index contributed by atoms with van der Waals surface area (Å²) in [5.74, 6) is -0.944. The van der Waals surface area contributed by atoms with Crippen molar-refractivity contribution in [2.24, 2.45) is 0 Å². The smallest absolute Gasteiger partial charge is 0.337 e. The van der Waals surface area contributed by atoms with Gasteiger partial charge in [0.15, 0.2) is 0 Å². The second kappa shape index (κ2) is 5.16. The average molecular weight is 270 g/mol. The highest BCUT2D eigenvalue weighted by molar-refractivity contribution is 6.31. The fourth-order valence-corrected chi connectivity index (χ4v) is 2.55. The zero-order valence-electron chi connectivity index (χ0n) is 10.4. The van der Waals surface area contributed by atoms with Gasteiger partial charge in [-0.3, -0.25) is 0 Å². The predicted molar refractivity (Wildman–Crippen MR) is 70.6 cm³/mol. The highest BCUT2D eigenvalue weighted by Crippen LogP contribution is 2.29. The lowest BCUT2D eigenvalue weighted by atomic mass is 10.1. The maximum Gasteiger partial charge on any atom is 0.337 e. The van der Waals surface area contributed by atoms with Crippen LogP contribution < -0.4 is 4.90 Å². The van der Waals surface area contributed by atoms with Gasteiger partial charge >= 0.3 is 5.97 Å². The van der Waals surface area contributed by atoms with Gasteiger partial charge in [0.05, 0.1) is 23.4 Å². The maximum atomic E-state index is 11.2. The minimum absolute atomic E-state index is 0.0932. The fourth-order valence-electron chi connectivity index (χ4n) is 2.39. The molecule has 98 valence electrons. The normalized spacial score (nSPS) is 23.1. The van der Waals surface area contributed by atoms with E-state index in [0.717, 1.165) is 6.42 Å². The van der Waals surface area contributed by atoms with E-state index in [1.807, 2.05) is 18.9 Å². The number of aromatic carboxylic acids is 1. The van der Waals surface area contributed by atoms with Crippen LogP contribution in [0.15, 0.2) is 18.2 Å². The molecule has 1 saturated heterocycles. The third kappa shape index (κ3) is 2.44. The van der Waals surface area contributed by atoms with Crippen molar-refractivity contribution < 1.29 is 14.6 Å². The monoisotopic (exact) mass is 269 g/mol. The number of halogens is 1. The second-order valence-electron chi connectivity index (χ2n) is 4.51. The fraction of sp³-hybridized carbons (Fsp3) is 0.462. The number of hydrogen-bond donors (Lipinski definition) is 1. The van der Waals surface area contributed by atoms with Crippen molar-refractivity contribution in [1.82, 2.24) is 0 Å². The molecule has 2 unspecified atom stereocenters. The van der Waals surface area contributed by atoms with Gasteiger partial charge in [0, 0.05) is 18.7 Å². The Morgan fingerprint density at radius 2 is 2.28 bits per heavy atom. The zero-order chi connectivity index (χ0) is 13.3. The number of ether oxygens (including phenoxy) is 1. The van der Waals surface area contributed by atoms with Crippen LogP contribution in [-0.2, 0) is 4.74 Å². The minimum atomic E-state index is -0.944. The molecule has 1 aliphatic heterocycles. The molecule has 1 aromatic carbocycles. The Balaban J connectivity index is 2.36. The first-order valence-corrected chi connectivity index (χ1v) is 6.26. The largest absolute Gasteiger partial charge is 0.478 e. The molecule has 2 rings (SSSR count). The van der Waals surface area contributed by atoms with Gasteiger partial charge in [-0.05, 0) is 31.5 Å². The molecule has 18 heavy (non-hydrogen) atoms. The molecule has 0 radical (unpaired) electrons. The predicted octanol–water partition coefficient (Wildman–Crippen LogP) is 2.65. The van der Waals surface area contributed by atoms with Gasteiger partial charge in [-0.25, -0.2) is 4.79 Å². The van der Waals surface area contributed by atoms with Crippen molar-refractivity contribution in [3.05, 3.63) is 28.8 Å². The van der Waals surface area contributed by atoms with Crippen molar-refractivity contribution in [2.45, 2.75) is 25.5 Å². The summed E-state index contributed by atoms with van der Waals surface area (Å²) in [7, 11) is 1.88. The topological polar surface area (TPSA) is 49.8 Å². The number of nitrogens with zero attached hydrogens (tertiary/aromatic N) is 1. The molecule has 0 aliphatic carbocycles. The number of carboxylic acids is 1. The summed E-state index contributed by atoms with van der Waals surface area (Å²) in [5, 5.41) is 9.75. The Kier molecular flexibility index (Phi) is 3.78. The first kappa shape index (κ1) is 13.2. The number of rotatable bonds is 3. The number of benzene rings is 1. The molecule has 0 saturated carbocycles. The summed E-state index contributed by atoms with van der Waals surface area (Å²) in [6.07, 6.45) is 0.985. The minimum Gasteiger partial charge on any atom is -0.478 e. The highest BCUT2D eigenvalue weighted by atomic mass is 35.5. The molecular formula is C13H16ClNO3. The van der Waals surface area contributed by atoms with Crippen LogP contribution in [-0.4, -0.2) is 36.9 Å². The third-order valence-electron chi connectivity index (χ3n) is 3.40. The summed E-state index contributed by atoms with van der Waals surface area (Å²) in [6, 6.07) is 5.01. The number of hydrogen-bond acceptors (Lipinski definition) is 3. The van der Waals surface area contributed by atoms with Crippen molar-refractivity contribution in [3.63, 3.8) is 0 Å². The van der Waals surface area contributed by atoms with Gasteiger partial charge in [-0.1, -0.05) is 11.6 Å². The summed E-state index contributed by atoms with van der Waals surface area (Å²) in [6.45, 7) is 2.71. The Bertz CT molecular complexity index is 464. The van der Waals surface area contributed by atoms with Crippen LogP contribution in [0.4, 0.5) is 5.69 Å². The van der Waals surface area contributed by atoms with E-state index in [1.165, 1.54) is 6.07 Å². The Hall–Kier alpha value is -1.26. The first-order valence-electron chi connectivity index (χ1n) is 5.88. The zero-order valence-corrected chi connectivity index (χ0v) is 11.1. The molecule has 0 bridgehead atoms. The van der Waals surface area contributed by atoms with E-state index in [2.05, 4.69) is 0 Å². The Labute approximate surface area is 111 Å². The van der Waals surface area contributed by atoms with Crippen LogP contribution in [0.25, 0.3) is 0 Å². The number of likely N-dealkylation sites (N-methyl/N-ethyl adjacent to an activating group) is 1. The van der Waals surface area contributed by atoms with Crippen LogP contribution in [0.2, 0.25) is 5.02 Å². The first-order chi connectivity index (χ1) is 8.50. The van der Waals surface area contributed by atoms with E-state index < -0.39 is 5.97 Å². The highest BCUT2D eigenvalue weighted by Gasteiger charge is 2.29. The molecule has 1 N–H and O–H groups in total. The Morgan fingerprint density at radius 1 is 1.56 bits per heavy atom. The summed E-state index contributed by atoms with van der Waals surface area (Å²) in [4.78, 5) is 13.2. The van der Waals surface area contributed by atoms with Gasteiger partial charge in [0.25, 0.3) is 0 Å². The standard InChI is InChI=1S/C13H16ClNO3/c1-8-11(5-6-18-8)15(2)12-7-9(14)3-4-10(12)13(16)17/h3-4,7-8,11H,5-6H2,1-2H3,(H,16,17). The molecule has 0 aromatic heterocycles. The van der Waals surface area contributed by atoms with Crippen molar-refractivity contribution in [3.8, 4) is 0 Å². The van der Waals surface area contributed by atoms with E-state index in [-0.39, 0.29) is 17.7 Å². The number of carboxylic acid groups (broad SMARTS) is 1. The van der Waals surface area contributed by atoms with Crippen LogP contribution in [0.5, 0.6) is 0 Å². The molecule has 0 spiro atoms. The molecule has 1 aromatic rings. The van der Waals surface area contributed by atoms with Gasteiger partial charge in [-0.2, -0.15) is 0 Å². The quantitative estimate of drug-likeness (QED) is 0.917. The summed E-state index contributed by atoms with van der Waals surface area (Å²) >= 11 is 5.96. The lowest BCUT2D eigenvalue weighted by molar-refractivity contribution is 0.0697. The van der Waals surface area contributed by atoms with Crippen molar-refractivity contribution in [2.75, 3.05) is 18.6 Å². The number of carbonyl (C=O) groups is 1. The van der Waals surface area contributed by atoms with Gasteiger partial charge < -0.3 is 14.7 Å². The van der Waals surface area contributed by atoms with Crippen LogP contribution in [0.3, 0.4) is 0 Å². The van der Waals surface area contributed by atoms with E-state index in [4.69, 9.17) is 16.3 Å². The van der Waals surface area contributed by atoms with Crippen LogP contribution in [0.1, 0.15) is 23.7 Å². The van der Waals surface area contributed by atoms with Crippen molar-refractivity contribution in [1.29, 1.82) is 0 Å². The SMILES string of the molecule is CC1OCCC1N(C)c1cc(Cl)ccc1C(=O)O. The lowest BCUT2D eigenvalue weighted by Gasteiger charge is -2.30. The van der Waals surface area contributed by atoms with E-state index in [1.54, 1.807) is 12.1 Å². The molecule has 1 aliphatic rings. The average Bonchev–Trinajstić information content (AvgIpc) is 2.74. The van der Waals surface area contributed by atoms with E-state index in [0.29, 0.717) is 17.3 Å². The molecule has 1 fully saturated rings.